The monoisotopic (exact) mass is 529 g/mol. The summed E-state index contributed by atoms with van der Waals surface area (Å²) in [5.74, 6) is -4.39. The fraction of sp³-hybridized carbons (Fsp3) is 0.500. The van der Waals surface area contributed by atoms with Crippen molar-refractivity contribution in [3.63, 3.8) is 0 Å². The average Bonchev–Trinajstić information content (AvgIpc) is 2.89. The summed E-state index contributed by atoms with van der Waals surface area (Å²) in [5, 5.41) is 23.5. The molecule has 5 rings (SSSR count). The number of hydrogen-bond acceptors (Lipinski definition) is 7. The second-order valence-electron chi connectivity index (χ2n) is 10.8. The van der Waals surface area contributed by atoms with E-state index in [0.29, 0.717) is 11.9 Å². The molecule has 3 aromatic rings. The highest BCUT2D eigenvalue weighted by Gasteiger charge is 2.49. The minimum atomic E-state index is -3.77. The smallest absolute Gasteiger partial charge is 0.303 e. The van der Waals surface area contributed by atoms with Crippen molar-refractivity contribution in [1.82, 2.24) is 15.1 Å². The van der Waals surface area contributed by atoms with Gasteiger partial charge in [-0.2, -0.15) is 13.9 Å². The van der Waals surface area contributed by atoms with Gasteiger partial charge < -0.3 is 20.1 Å². The third-order valence-corrected chi connectivity index (χ3v) is 7.71. The minimum Gasteiger partial charge on any atom is -0.384 e. The summed E-state index contributed by atoms with van der Waals surface area (Å²) in [5.41, 5.74) is -1.42. The quantitative estimate of drug-likeness (QED) is 0.482. The third-order valence-electron chi connectivity index (χ3n) is 7.71. The number of halogens is 3. The number of piperazine rings is 1. The van der Waals surface area contributed by atoms with E-state index in [-0.39, 0.29) is 5.56 Å². The molecule has 2 aliphatic heterocycles. The maximum Gasteiger partial charge on any atom is 0.303 e. The first-order chi connectivity index (χ1) is 18.0. The van der Waals surface area contributed by atoms with Gasteiger partial charge in [-0.3, -0.25) is 4.90 Å². The number of morpholine rings is 1. The van der Waals surface area contributed by atoms with Crippen LogP contribution in [0.4, 0.5) is 24.7 Å². The topological polar surface area (TPSA) is 73.8 Å². The van der Waals surface area contributed by atoms with Gasteiger partial charge in [0.05, 0.1) is 36.6 Å². The molecule has 0 unspecified atom stereocenters. The SMILES string of the molecule is Cc1nnc(N[C@H](C)c2cccc(C(F)(F)C(C)(C)O)c2F)c2cc(N3CCN4CCOC[C@@H]4C3)ccc12. The fourth-order valence-electron chi connectivity index (χ4n) is 5.30. The van der Waals surface area contributed by atoms with Crippen molar-refractivity contribution in [2.75, 3.05) is 49.6 Å². The van der Waals surface area contributed by atoms with Crippen molar-refractivity contribution in [3.8, 4) is 0 Å². The molecule has 38 heavy (non-hydrogen) atoms. The van der Waals surface area contributed by atoms with E-state index in [0.717, 1.165) is 81.5 Å². The number of aromatic nitrogens is 2. The lowest BCUT2D eigenvalue weighted by Gasteiger charge is -2.44. The normalized spacial score (nSPS) is 19.9. The highest BCUT2D eigenvalue weighted by molar-refractivity contribution is 5.95. The zero-order chi connectivity index (χ0) is 27.2. The number of aliphatic hydroxyl groups is 1. The number of anilines is 2. The Morgan fingerprint density at radius 2 is 1.89 bits per heavy atom. The zero-order valence-electron chi connectivity index (χ0n) is 22.1. The number of nitrogens with one attached hydrogen (secondary N) is 1. The van der Waals surface area contributed by atoms with Crippen LogP contribution in [0.25, 0.3) is 10.8 Å². The summed E-state index contributed by atoms with van der Waals surface area (Å²) in [6.45, 7) is 10.7. The molecule has 2 saturated heterocycles. The zero-order valence-corrected chi connectivity index (χ0v) is 22.1. The van der Waals surface area contributed by atoms with Crippen LogP contribution in [0.15, 0.2) is 36.4 Å². The molecule has 7 nitrogen and oxygen atoms in total. The molecule has 2 fully saturated rings. The van der Waals surface area contributed by atoms with E-state index >= 15 is 4.39 Å². The van der Waals surface area contributed by atoms with Crippen LogP contribution in [0, 0.1) is 12.7 Å². The molecule has 0 spiro atoms. The Morgan fingerprint density at radius 1 is 1.11 bits per heavy atom. The van der Waals surface area contributed by atoms with Crippen molar-refractivity contribution in [1.29, 1.82) is 0 Å². The molecular weight excluding hydrogens is 495 g/mol. The van der Waals surface area contributed by atoms with E-state index in [1.54, 1.807) is 6.92 Å². The van der Waals surface area contributed by atoms with E-state index in [9.17, 15) is 13.9 Å². The predicted molar refractivity (Wildman–Crippen MR) is 141 cm³/mol. The molecule has 0 aliphatic carbocycles. The molecule has 204 valence electrons. The van der Waals surface area contributed by atoms with Gasteiger partial charge in [-0.1, -0.05) is 18.2 Å². The molecule has 0 radical (unpaired) electrons. The van der Waals surface area contributed by atoms with Crippen molar-refractivity contribution < 1.29 is 23.0 Å². The summed E-state index contributed by atoms with van der Waals surface area (Å²) < 4.78 is 50.7. The first-order valence-corrected chi connectivity index (χ1v) is 13.0. The molecule has 10 heteroatoms. The molecule has 2 aromatic carbocycles. The first-order valence-electron chi connectivity index (χ1n) is 13.0. The van der Waals surface area contributed by atoms with Gasteiger partial charge in [0.15, 0.2) is 5.82 Å². The fourth-order valence-corrected chi connectivity index (χ4v) is 5.30. The second kappa shape index (κ2) is 9.98. The van der Waals surface area contributed by atoms with Crippen LogP contribution in [0.1, 0.15) is 43.6 Å². The van der Waals surface area contributed by atoms with Crippen LogP contribution in [-0.4, -0.2) is 71.2 Å². The number of hydrogen-bond donors (Lipinski definition) is 2. The maximum atomic E-state index is 15.4. The van der Waals surface area contributed by atoms with E-state index < -0.39 is 28.9 Å². The Morgan fingerprint density at radius 3 is 2.66 bits per heavy atom. The lowest BCUT2D eigenvalue weighted by Crippen LogP contribution is -2.58. The maximum absolute atomic E-state index is 15.4. The highest BCUT2D eigenvalue weighted by atomic mass is 19.3. The molecule has 2 N–H and O–H groups in total. The number of nitrogens with zero attached hydrogens (tertiary/aromatic N) is 4. The highest BCUT2D eigenvalue weighted by Crippen LogP contribution is 2.41. The van der Waals surface area contributed by atoms with E-state index in [4.69, 9.17) is 4.74 Å². The number of rotatable bonds is 6. The average molecular weight is 530 g/mol. The number of alkyl halides is 2. The Labute approximate surface area is 220 Å². The number of ether oxygens (including phenoxy) is 1. The Balaban J connectivity index is 1.45. The van der Waals surface area contributed by atoms with Gasteiger partial charge in [-0.05, 0) is 45.9 Å². The number of benzene rings is 2. The lowest BCUT2D eigenvalue weighted by molar-refractivity contribution is -0.170. The number of aryl methyl sites for hydroxylation is 1. The van der Waals surface area contributed by atoms with Crippen LogP contribution >= 0.6 is 0 Å². The number of fused-ring (bicyclic) bond motifs is 2. The largest absolute Gasteiger partial charge is 0.384 e. The van der Waals surface area contributed by atoms with Crippen molar-refractivity contribution in [2.45, 2.75) is 51.3 Å². The van der Waals surface area contributed by atoms with E-state index in [1.807, 2.05) is 13.0 Å². The minimum absolute atomic E-state index is 0.0477. The third kappa shape index (κ3) is 4.81. The van der Waals surface area contributed by atoms with Crippen molar-refractivity contribution >= 4 is 22.3 Å². The molecule has 3 heterocycles. The molecule has 1 aromatic heterocycles. The van der Waals surface area contributed by atoms with Crippen molar-refractivity contribution in [2.24, 2.45) is 0 Å². The predicted octanol–water partition coefficient (Wildman–Crippen LogP) is 4.63. The van der Waals surface area contributed by atoms with Crippen LogP contribution in [0.2, 0.25) is 0 Å². The Hall–Kier alpha value is -2.95. The Kier molecular flexibility index (Phi) is 7.00. The molecule has 0 saturated carbocycles. The molecular formula is C28H34F3N5O2. The molecule has 2 atom stereocenters. The Bertz CT molecular complexity index is 1330. The van der Waals surface area contributed by atoms with Crippen LogP contribution in [0.3, 0.4) is 0 Å². The van der Waals surface area contributed by atoms with Gasteiger partial charge in [0.25, 0.3) is 0 Å². The van der Waals surface area contributed by atoms with E-state index in [1.165, 1.54) is 12.1 Å². The van der Waals surface area contributed by atoms with Crippen molar-refractivity contribution in [3.05, 3.63) is 59.0 Å². The summed E-state index contributed by atoms with van der Waals surface area (Å²) in [6, 6.07) is 9.63. The van der Waals surface area contributed by atoms with Crippen LogP contribution < -0.4 is 10.2 Å². The van der Waals surface area contributed by atoms with Gasteiger partial charge >= 0.3 is 5.92 Å². The first kappa shape index (κ1) is 26.6. The van der Waals surface area contributed by atoms with Gasteiger partial charge in [-0.25, -0.2) is 4.39 Å². The van der Waals surface area contributed by atoms with Gasteiger partial charge in [0.1, 0.15) is 11.4 Å². The van der Waals surface area contributed by atoms with Crippen LogP contribution in [0.5, 0.6) is 0 Å². The van der Waals surface area contributed by atoms with Gasteiger partial charge in [0, 0.05) is 48.2 Å². The lowest BCUT2D eigenvalue weighted by atomic mass is 9.91. The standard InChI is InChI=1S/C28H34F3N5O2/c1-17(22-6-5-7-24(25(22)29)28(30,31)27(3,4)37)32-26-23-14-19(8-9-21(23)18(2)33-34-26)36-11-10-35-12-13-38-16-20(35)15-36/h5-9,14,17,20,37H,10-13,15-16H2,1-4H3,(H,32,34)/t17-,20+/m1/s1. The summed E-state index contributed by atoms with van der Waals surface area (Å²) >= 11 is 0. The van der Waals surface area contributed by atoms with Crippen LogP contribution in [-0.2, 0) is 10.7 Å². The molecule has 0 amide bonds. The molecule has 0 bridgehead atoms. The summed E-state index contributed by atoms with van der Waals surface area (Å²) in [6.07, 6.45) is 0. The molecule has 2 aliphatic rings. The van der Waals surface area contributed by atoms with Gasteiger partial charge in [-0.15, -0.1) is 5.10 Å². The second-order valence-corrected chi connectivity index (χ2v) is 10.8. The van der Waals surface area contributed by atoms with Gasteiger partial charge in [0.2, 0.25) is 0 Å². The van der Waals surface area contributed by atoms with E-state index in [2.05, 4.69) is 37.4 Å². The summed E-state index contributed by atoms with van der Waals surface area (Å²) in [4.78, 5) is 4.80. The summed E-state index contributed by atoms with van der Waals surface area (Å²) in [7, 11) is 0.